The summed E-state index contributed by atoms with van der Waals surface area (Å²) in [6, 6.07) is 4.01. The number of aliphatic hydroxyl groups excluding tert-OH is 1. The van der Waals surface area contributed by atoms with Crippen molar-refractivity contribution in [1.82, 2.24) is 9.97 Å². The minimum atomic E-state index is -0.256. The van der Waals surface area contributed by atoms with E-state index in [1.807, 2.05) is 31.5 Å². The Kier molecular flexibility index (Phi) is 3.89. The van der Waals surface area contributed by atoms with E-state index in [0.29, 0.717) is 5.92 Å². The molecule has 106 valence electrons. The first kappa shape index (κ1) is 13.8. The average Bonchev–Trinajstić information content (AvgIpc) is 2.46. The number of anilines is 1. The Morgan fingerprint density at radius 3 is 3.10 bits per heavy atom. The molecule has 2 atom stereocenters. The fourth-order valence-electron chi connectivity index (χ4n) is 2.87. The van der Waals surface area contributed by atoms with Gasteiger partial charge in [-0.25, -0.2) is 0 Å². The summed E-state index contributed by atoms with van der Waals surface area (Å²) >= 11 is 3.43. The number of piperidine rings is 1. The SMILES string of the molecule is C[C@H](O)[C@@H]1CCCN(c2ccnc3cc(Br)cnc23)C1. The Morgan fingerprint density at radius 2 is 2.30 bits per heavy atom. The molecule has 3 heterocycles. The summed E-state index contributed by atoms with van der Waals surface area (Å²) in [6.45, 7) is 3.78. The fourth-order valence-corrected chi connectivity index (χ4v) is 3.19. The number of pyridine rings is 2. The van der Waals surface area contributed by atoms with Crippen LogP contribution < -0.4 is 4.90 Å². The minimum absolute atomic E-state index is 0.256. The molecule has 0 amide bonds. The number of aromatic nitrogens is 2. The lowest BCUT2D eigenvalue weighted by Crippen LogP contribution is -2.39. The molecular formula is C15H18BrN3O. The lowest BCUT2D eigenvalue weighted by Gasteiger charge is -2.35. The molecule has 1 saturated heterocycles. The monoisotopic (exact) mass is 335 g/mol. The quantitative estimate of drug-likeness (QED) is 0.916. The van der Waals surface area contributed by atoms with Crippen molar-refractivity contribution in [3.63, 3.8) is 0 Å². The third-order valence-electron chi connectivity index (χ3n) is 4.00. The van der Waals surface area contributed by atoms with Gasteiger partial charge >= 0.3 is 0 Å². The number of fused-ring (bicyclic) bond motifs is 1. The summed E-state index contributed by atoms with van der Waals surface area (Å²) in [4.78, 5) is 11.2. The normalized spacial score (nSPS) is 21.1. The lowest BCUT2D eigenvalue weighted by atomic mass is 9.93. The maximum absolute atomic E-state index is 9.83. The standard InChI is InChI=1S/C15H18BrN3O/c1-10(20)11-3-2-6-19(9-11)14-4-5-17-13-7-12(16)8-18-15(13)14/h4-5,7-8,10-11,20H,2-3,6,9H2,1H3/t10-,11+/m0/s1. The zero-order valence-electron chi connectivity index (χ0n) is 11.5. The van der Waals surface area contributed by atoms with Gasteiger partial charge in [0.2, 0.25) is 0 Å². The molecule has 20 heavy (non-hydrogen) atoms. The Morgan fingerprint density at radius 1 is 1.45 bits per heavy atom. The van der Waals surface area contributed by atoms with Crippen LogP contribution in [0.15, 0.2) is 29.0 Å². The van der Waals surface area contributed by atoms with Gasteiger partial charge in [-0.15, -0.1) is 0 Å². The maximum Gasteiger partial charge on any atom is 0.112 e. The minimum Gasteiger partial charge on any atom is -0.393 e. The maximum atomic E-state index is 9.83. The molecule has 0 aromatic carbocycles. The van der Waals surface area contributed by atoms with Crippen LogP contribution in [0.25, 0.3) is 11.0 Å². The van der Waals surface area contributed by atoms with Crippen LogP contribution in [0.5, 0.6) is 0 Å². The summed E-state index contributed by atoms with van der Waals surface area (Å²) in [5, 5.41) is 9.83. The van der Waals surface area contributed by atoms with E-state index < -0.39 is 0 Å². The molecule has 2 aromatic rings. The van der Waals surface area contributed by atoms with Crippen LogP contribution in [-0.2, 0) is 0 Å². The molecule has 4 nitrogen and oxygen atoms in total. The second kappa shape index (κ2) is 5.66. The fraction of sp³-hybridized carbons (Fsp3) is 0.467. The predicted molar refractivity (Wildman–Crippen MR) is 83.9 cm³/mol. The van der Waals surface area contributed by atoms with Gasteiger partial charge in [0.1, 0.15) is 5.52 Å². The summed E-state index contributed by atoms with van der Waals surface area (Å²) in [6.07, 6.45) is 5.58. The van der Waals surface area contributed by atoms with Crippen LogP contribution in [0, 0.1) is 5.92 Å². The van der Waals surface area contributed by atoms with E-state index >= 15 is 0 Å². The molecule has 0 spiro atoms. The first-order valence-electron chi connectivity index (χ1n) is 6.98. The van der Waals surface area contributed by atoms with Crippen molar-refractivity contribution in [2.75, 3.05) is 18.0 Å². The molecular weight excluding hydrogens is 318 g/mol. The number of nitrogens with zero attached hydrogens (tertiary/aromatic N) is 3. The van der Waals surface area contributed by atoms with Gasteiger partial charge in [-0.2, -0.15) is 0 Å². The van der Waals surface area contributed by atoms with Gasteiger partial charge in [0.15, 0.2) is 0 Å². The molecule has 0 aliphatic carbocycles. The van der Waals surface area contributed by atoms with E-state index in [1.165, 1.54) is 0 Å². The van der Waals surface area contributed by atoms with Crippen LogP contribution >= 0.6 is 15.9 Å². The van der Waals surface area contributed by atoms with Crippen LogP contribution in [0.1, 0.15) is 19.8 Å². The van der Waals surface area contributed by atoms with Crippen molar-refractivity contribution in [3.8, 4) is 0 Å². The Labute approximate surface area is 127 Å². The molecule has 5 heteroatoms. The van der Waals surface area contributed by atoms with Crippen molar-refractivity contribution in [1.29, 1.82) is 0 Å². The van der Waals surface area contributed by atoms with Gasteiger partial charge in [-0.1, -0.05) is 0 Å². The number of hydrogen-bond acceptors (Lipinski definition) is 4. The van der Waals surface area contributed by atoms with Gasteiger partial charge < -0.3 is 10.0 Å². The molecule has 0 saturated carbocycles. The molecule has 0 unspecified atom stereocenters. The molecule has 1 aliphatic rings. The van der Waals surface area contributed by atoms with Crippen LogP contribution in [-0.4, -0.2) is 34.3 Å². The van der Waals surface area contributed by atoms with Crippen molar-refractivity contribution < 1.29 is 5.11 Å². The van der Waals surface area contributed by atoms with Gasteiger partial charge in [-0.3, -0.25) is 9.97 Å². The van der Waals surface area contributed by atoms with Gasteiger partial charge in [0, 0.05) is 35.9 Å². The zero-order chi connectivity index (χ0) is 14.1. The summed E-state index contributed by atoms with van der Waals surface area (Å²) in [5.74, 6) is 0.336. The Balaban J connectivity index is 1.97. The molecule has 0 bridgehead atoms. The number of aliphatic hydroxyl groups is 1. The van der Waals surface area contributed by atoms with E-state index in [-0.39, 0.29) is 6.10 Å². The first-order chi connectivity index (χ1) is 9.65. The topological polar surface area (TPSA) is 49.2 Å². The lowest BCUT2D eigenvalue weighted by molar-refractivity contribution is 0.115. The van der Waals surface area contributed by atoms with Crippen molar-refractivity contribution in [2.24, 2.45) is 5.92 Å². The van der Waals surface area contributed by atoms with Gasteiger partial charge in [-0.05, 0) is 47.8 Å². The van der Waals surface area contributed by atoms with E-state index in [2.05, 4.69) is 30.8 Å². The number of hydrogen-bond donors (Lipinski definition) is 1. The van der Waals surface area contributed by atoms with E-state index in [9.17, 15) is 5.11 Å². The van der Waals surface area contributed by atoms with E-state index in [0.717, 1.165) is 47.1 Å². The molecule has 3 rings (SSSR count). The van der Waals surface area contributed by atoms with E-state index in [1.54, 1.807) is 0 Å². The van der Waals surface area contributed by atoms with Crippen molar-refractivity contribution in [3.05, 3.63) is 29.0 Å². The zero-order valence-corrected chi connectivity index (χ0v) is 13.0. The average molecular weight is 336 g/mol. The van der Waals surface area contributed by atoms with Crippen molar-refractivity contribution >= 4 is 32.7 Å². The molecule has 1 fully saturated rings. The second-order valence-electron chi connectivity index (χ2n) is 5.44. The molecule has 1 aliphatic heterocycles. The number of rotatable bonds is 2. The summed E-state index contributed by atoms with van der Waals surface area (Å²) < 4.78 is 0.940. The summed E-state index contributed by atoms with van der Waals surface area (Å²) in [5.41, 5.74) is 2.95. The molecule has 2 aromatic heterocycles. The number of halogens is 1. The third kappa shape index (κ3) is 2.65. The predicted octanol–water partition coefficient (Wildman–Crippen LogP) is 2.99. The van der Waals surface area contributed by atoms with Crippen LogP contribution in [0.2, 0.25) is 0 Å². The van der Waals surface area contributed by atoms with Crippen molar-refractivity contribution in [2.45, 2.75) is 25.9 Å². The highest BCUT2D eigenvalue weighted by Gasteiger charge is 2.24. The van der Waals surface area contributed by atoms with Gasteiger partial charge in [0.25, 0.3) is 0 Å². The van der Waals surface area contributed by atoms with Crippen LogP contribution in [0.4, 0.5) is 5.69 Å². The molecule has 0 radical (unpaired) electrons. The largest absolute Gasteiger partial charge is 0.393 e. The first-order valence-corrected chi connectivity index (χ1v) is 7.78. The highest BCUT2D eigenvalue weighted by atomic mass is 79.9. The molecule has 1 N–H and O–H groups in total. The Bertz CT molecular complexity index is 617. The highest BCUT2D eigenvalue weighted by Crippen LogP contribution is 2.30. The third-order valence-corrected chi connectivity index (χ3v) is 4.44. The second-order valence-corrected chi connectivity index (χ2v) is 6.36. The van der Waals surface area contributed by atoms with Crippen LogP contribution in [0.3, 0.4) is 0 Å². The Hall–Kier alpha value is -1.20. The smallest absolute Gasteiger partial charge is 0.112 e. The highest BCUT2D eigenvalue weighted by molar-refractivity contribution is 9.10. The van der Waals surface area contributed by atoms with Gasteiger partial charge in [0.05, 0.1) is 17.3 Å². The summed E-state index contributed by atoms with van der Waals surface area (Å²) in [7, 11) is 0. The van der Waals surface area contributed by atoms with E-state index in [4.69, 9.17) is 0 Å².